The van der Waals surface area contributed by atoms with Gasteiger partial charge in [0.25, 0.3) is 0 Å². The van der Waals surface area contributed by atoms with E-state index in [-0.39, 0.29) is 11.2 Å². The molecule has 0 spiro atoms. The van der Waals surface area contributed by atoms with Crippen LogP contribution in [0.15, 0.2) is 0 Å². The molecule has 4 unspecified atom stereocenters. The summed E-state index contributed by atoms with van der Waals surface area (Å²) in [4.78, 5) is 12.1. The molecule has 1 saturated carbocycles. The summed E-state index contributed by atoms with van der Waals surface area (Å²) in [6.45, 7) is 9.41. The summed E-state index contributed by atoms with van der Waals surface area (Å²) in [5.41, 5.74) is 0. The second-order valence-corrected chi connectivity index (χ2v) is 10.5. The highest BCUT2D eigenvalue weighted by atomic mass is 32.2. The number of ether oxygens (including phenoxy) is 1. The van der Waals surface area contributed by atoms with Crippen LogP contribution in [0.3, 0.4) is 0 Å². The second kappa shape index (κ2) is 12.4. The van der Waals surface area contributed by atoms with E-state index in [2.05, 4.69) is 0 Å². The Bertz CT molecular complexity index is 394. The van der Waals surface area contributed by atoms with Gasteiger partial charge in [0.15, 0.2) is 0 Å². The Morgan fingerprint density at radius 3 is 2.23 bits per heavy atom. The number of thioether (sulfide) groups is 1. The molecule has 0 aromatic rings. The van der Waals surface area contributed by atoms with Gasteiger partial charge in [0.1, 0.15) is 6.10 Å². The standard InChI is InChI=1S/C18H36O6SSi/c1-6-21-26(22-7-2,23-8-3)12-11-15-9-10-16(19)17(13-15)24-18(20)14(4)25-5/h14-17,19H,6-13H2,1-5H3. The van der Waals surface area contributed by atoms with Crippen molar-refractivity contribution < 1.29 is 27.9 Å². The summed E-state index contributed by atoms with van der Waals surface area (Å²) in [7, 11) is -2.65. The Morgan fingerprint density at radius 2 is 1.73 bits per heavy atom. The van der Waals surface area contributed by atoms with E-state index in [9.17, 15) is 9.90 Å². The number of carbonyl (C=O) groups is 1. The van der Waals surface area contributed by atoms with E-state index < -0.39 is 21.0 Å². The maximum Gasteiger partial charge on any atom is 0.500 e. The largest absolute Gasteiger partial charge is 0.500 e. The lowest BCUT2D eigenvalue weighted by atomic mass is 9.84. The van der Waals surface area contributed by atoms with Gasteiger partial charge in [-0.3, -0.25) is 4.79 Å². The van der Waals surface area contributed by atoms with Crippen molar-refractivity contribution in [1.29, 1.82) is 0 Å². The molecule has 154 valence electrons. The van der Waals surface area contributed by atoms with Crippen molar-refractivity contribution in [1.82, 2.24) is 0 Å². The van der Waals surface area contributed by atoms with Crippen LogP contribution in [0.4, 0.5) is 0 Å². The van der Waals surface area contributed by atoms with Crippen LogP contribution in [-0.2, 0) is 22.8 Å². The van der Waals surface area contributed by atoms with Crippen LogP contribution in [0.25, 0.3) is 0 Å². The number of esters is 1. The van der Waals surface area contributed by atoms with Crippen molar-refractivity contribution in [3.05, 3.63) is 0 Å². The Hall–Kier alpha value is -0.123. The Labute approximate surface area is 163 Å². The monoisotopic (exact) mass is 408 g/mol. The topological polar surface area (TPSA) is 74.2 Å². The highest BCUT2D eigenvalue weighted by Gasteiger charge is 2.42. The van der Waals surface area contributed by atoms with Crippen molar-refractivity contribution in [2.24, 2.45) is 5.92 Å². The lowest BCUT2D eigenvalue weighted by Gasteiger charge is -2.35. The van der Waals surface area contributed by atoms with Crippen LogP contribution in [-0.4, -0.2) is 63.4 Å². The normalized spacial score (nSPS) is 25.1. The van der Waals surface area contributed by atoms with Gasteiger partial charge in [-0.25, -0.2) is 0 Å². The first-order chi connectivity index (χ1) is 12.4. The van der Waals surface area contributed by atoms with E-state index in [1.807, 2.05) is 34.0 Å². The van der Waals surface area contributed by atoms with Crippen molar-refractivity contribution in [2.75, 3.05) is 26.1 Å². The molecule has 0 aromatic carbocycles. The van der Waals surface area contributed by atoms with Crippen LogP contribution < -0.4 is 0 Å². The summed E-state index contributed by atoms with van der Waals surface area (Å²) in [5, 5.41) is 10.0. The molecule has 1 aliphatic rings. The molecule has 0 aromatic heterocycles. The van der Waals surface area contributed by atoms with Gasteiger partial charge in [-0.15, -0.1) is 0 Å². The smallest absolute Gasteiger partial charge is 0.459 e. The molecule has 0 heterocycles. The fraction of sp³-hybridized carbons (Fsp3) is 0.944. The van der Waals surface area contributed by atoms with E-state index in [0.29, 0.717) is 38.6 Å². The summed E-state index contributed by atoms with van der Waals surface area (Å²) >= 11 is 1.45. The fourth-order valence-corrected chi connectivity index (χ4v) is 6.32. The molecule has 0 radical (unpaired) electrons. The zero-order valence-corrected chi connectivity index (χ0v) is 18.7. The zero-order valence-electron chi connectivity index (χ0n) is 16.9. The molecule has 1 N–H and O–H groups in total. The highest BCUT2D eigenvalue weighted by molar-refractivity contribution is 7.99. The number of rotatable bonds is 12. The van der Waals surface area contributed by atoms with Crippen molar-refractivity contribution in [3.63, 3.8) is 0 Å². The van der Waals surface area contributed by atoms with E-state index in [1.54, 1.807) is 0 Å². The third kappa shape index (κ3) is 7.48. The zero-order chi connectivity index (χ0) is 19.6. The number of aliphatic hydroxyl groups is 1. The molecular weight excluding hydrogens is 372 g/mol. The summed E-state index contributed by atoms with van der Waals surface area (Å²) in [6, 6.07) is 0.755. The Balaban J connectivity index is 2.63. The molecule has 0 aliphatic heterocycles. The van der Waals surface area contributed by atoms with Crippen molar-refractivity contribution in [2.45, 2.75) is 76.9 Å². The molecule has 6 nitrogen and oxygen atoms in total. The van der Waals surface area contributed by atoms with Crippen LogP contribution in [0.1, 0.15) is 53.4 Å². The molecular formula is C18H36O6SSi. The van der Waals surface area contributed by atoms with Gasteiger partial charge in [0, 0.05) is 25.9 Å². The lowest BCUT2D eigenvalue weighted by Crippen LogP contribution is -2.46. The van der Waals surface area contributed by atoms with E-state index in [4.69, 9.17) is 18.0 Å². The van der Waals surface area contributed by atoms with Gasteiger partial charge >= 0.3 is 14.8 Å². The molecule has 4 atom stereocenters. The first-order valence-electron chi connectivity index (χ1n) is 9.74. The van der Waals surface area contributed by atoms with Crippen LogP contribution in [0.5, 0.6) is 0 Å². The van der Waals surface area contributed by atoms with Gasteiger partial charge in [0.2, 0.25) is 0 Å². The van der Waals surface area contributed by atoms with Gasteiger partial charge in [0.05, 0.1) is 11.4 Å². The lowest BCUT2D eigenvalue weighted by molar-refractivity contribution is -0.158. The van der Waals surface area contributed by atoms with Crippen LogP contribution >= 0.6 is 11.8 Å². The number of aliphatic hydroxyl groups excluding tert-OH is 1. The van der Waals surface area contributed by atoms with E-state index in [1.165, 1.54) is 11.8 Å². The maximum atomic E-state index is 12.1. The van der Waals surface area contributed by atoms with Gasteiger partial charge in [-0.2, -0.15) is 11.8 Å². The predicted octanol–water partition coefficient (Wildman–Crippen LogP) is 3.25. The van der Waals surface area contributed by atoms with E-state index >= 15 is 0 Å². The van der Waals surface area contributed by atoms with Crippen LogP contribution in [0.2, 0.25) is 6.04 Å². The molecule has 1 rings (SSSR count). The van der Waals surface area contributed by atoms with Gasteiger partial charge < -0.3 is 23.1 Å². The first kappa shape index (κ1) is 23.9. The summed E-state index contributed by atoms with van der Waals surface area (Å²) in [6.07, 6.45) is 4.04. The number of hydrogen-bond donors (Lipinski definition) is 1. The van der Waals surface area contributed by atoms with E-state index in [0.717, 1.165) is 18.9 Å². The third-order valence-corrected chi connectivity index (χ3v) is 8.76. The highest BCUT2D eigenvalue weighted by Crippen LogP contribution is 2.33. The average molecular weight is 409 g/mol. The van der Waals surface area contributed by atoms with Gasteiger partial charge in [-0.1, -0.05) is 0 Å². The fourth-order valence-electron chi connectivity index (χ4n) is 3.31. The minimum atomic E-state index is -2.65. The minimum absolute atomic E-state index is 0.212. The minimum Gasteiger partial charge on any atom is -0.459 e. The van der Waals surface area contributed by atoms with Crippen molar-refractivity contribution in [3.8, 4) is 0 Å². The molecule has 0 amide bonds. The van der Waals surface area contributed by atoms with Gasteiger partial charge in [-0.05, 0) is 65.6 Å². The molecule has 1 fully saturated rings. The molecule has 26 heavy (non-hydrogen) atoms. The summed E-state index contributed by atoms with van der Waals surface area (Å²) < 4.78 is 23.3. The third-order valence-electron chi connectivity index (χ3n) is 4.77. The first-order valence-corrected chi connectivity index (χ1v) is 13.0. The molecule has 1 aliphatic carbocycles. The quantitative estimate of drug-likeness (QED) is 0.392. The Kier molecular flexibility index (Phi) is 11.4. The molecule has 8 heteroatoms. The molecule has 0 saturated heterocycles. The van der Waals surface area contributed by atoms with Crippen LogP contribution in [0, 0.1) is 5.92 Å². The maximum absolute atomic E-state index is 12.1. The predicted molar refractivity (Wildman–Crippen MR) is 106 cm³/mol. The average Bonchev–Trinajstić information content (AvgIpc) is 2.62. The van der Waals surface area contributed by atoms with Crippen molar-refractivity contribution >= 4 is 26.5 Å². The summed E-state index contributed by atoms with van der Waals surface area (Å²) in [5.74, 6) is 0.123. The SMILES string of the molecule is CCO[Si](CCC1CCC(O)C(OC(=O)C(C)SC)C1)(OCC)OCC. The number of carbonyl (C=O) groups excluding carboxylic acids is 1. The number of hydrogen-bond acceptors (Lipinski definition) is 7. The second-order valence-electron chi connectivity index (χ2n) is 6.62. The Morgan fingerprint density at radius 1 is 1.15 bits per heavy atom. The molecule has 0 bridgehead atoms.